The maximum atomic E-state index is 5.59. The molecule has 0 unspecified atom stereocenters. The number of rotatable bonds is 3. The first-order valence-electron chi connectivity index (χ1n) is 5.26. The van der Waals surface area contributed by atoms with Crippen LogP contribution in [0, 0.1) is 0 Å². The van der Waals surface area contributed by atoms with Crippen LogP contribution in [-0.2, 0) is 6.42 Å². The van der Waals surface area contributed by atoms with Crippen molar-refractivity contribution in [2.24, 2.45) is 0 Å². The highest BCUT2D eigenvalue weighted by atomic mass is 16.5. The third-order valence-electron chi connectivity index (χ3n) is 2.72. The van der Waals surface area contributed by atoms with E-state index >= 15 is 0 Å². The maximum Gasteiger partial charge on any atom is 0.203 e. The normalized spacial score (nSPS) is 13.7. The molecule has 0 spiro atoms. The standard InChI is InChI=1S/C12H16O4/c1-13-10-7-9-8(5-4-6-16-9)11(14-2)12(10)15-3/h7H,4-6H2,1-3H3. The summed E-state index contributed by atoms with van der Waals surface area (Å²) in [7, 11) is 4.84. The number of fused-ring (bicyclic) bond motifs is 1. The van der Waals surface area contributed by atoms with Crippen molar-refractivity contribution in [3.8, 4) is 23.0 Å². The number of hydrogen-bond donors (Lipinski definition) is 0. The van der Waals surface area contributed by atoms with E-state index in [1.54, 1.807) is 21.3 Å². The zero-order chi connectivity index (χ0) is 11.5. The second-order valence-electron chi connectivity index (χ2n) is 3.57. The summed E-state index contributed by atoms with van der Waals surface area (Å²) in [5, 5.41) is 0. The van der Waals surface area contributed by atoms with Crippen LogP contribution in [0.15, 0.2) is 6.07 Å². The van der Waals surface area contributed by atoms with E-state index in [0.717, 1.165) is 36.5 Å². The minimum absolute atomic E-state index is 0.634. The van der Waals surface area contributed by atoms with E-state index in [-0.39, 0.29) is 0 Å². The van der Waals surface area contributed by atoms with E-state index in [9.17, 15) is 0 Å². The predicted molar refractivity (Wildman–Crippen MR) is 59.9 cm³/mol. The summed E-state index contributed by atoms with van der Waals surface area (Å²) < 4.78 is 21.6. The molecule has 0 fully saturated rings. The van der Waals surface area contributed by atoms with Crippen LogP contribution in [0.25, 0.3) is 0 Å². The number of ether oxygens (including phenoxy) is 4. The Hall–Kier alpha value is -1.58. The fourth-order valence-electron chi connectivity index (χ4n) is 1.99. The third kappa shape index (κ3) is 1.64. The highest BCUT2D eigenvalue weighted by Crippen LogP contribution is 2.46. The van der Waals surface area contributed by atoms with Crippen LogP contribution < -0.4 is 18.9 Å². The largest absolute Gasteiger partial charge is 0.493 e. The minimum atomic E-state index is 0.634. The molecule has 1 aliphatic heterocycles. The van der Waals surface area contributed by atoms with Gasteiger partial charge in [0.1, 0.15) is 5.75 Å². The Morgan fingerprint density at radius 2 is 1.81 bits per heavy atom. The maximum absolute atomic E-state index is 5.59. The molecule has 0 bridgehead atoms. The molecule has 0 aromatic heterocycles. The van der Waals surface area contributed by atoms with E-state index in [0.29, 0.717) is 11.5 Å². The van der Waals surface area contributed by atoms with Gasteiger partial charge in [-0.25, -0.2) is 0 Å². The molecule has 1 aromatic carbocycles. The Labute approximate surface area is 95.1 Å². The molecule has 0 saturated heterocycles. The van der Waals surface area contributed by atoms with Gasteiger partial charge in [0.25, 0.3) is 0 Å². The smallest absolute Gasteiger partial charge is 0.203 e. The molecule has 16 heavy (non-hydrogen) atoms. The van der Waals surface area contributed by atoms with E-state index < -0.39 is 0 Å². The van der Waals surface area contributed by atoms with Crippen molar-refractivity contribution in [2.45, 2.75) is 12.8 Å². The summed E-state index contributed by atoms with van der Waals surface area (Å²) in [5.41, 5.74) is 1.06. The first-order chi connectivity index (χ1) is 7.81. The highest BCUT2D eigenvalue weighted by molar-refractivity contribution is 5.62. The second kappa shape index (κ2) is 4.51. The lowest BCUT2D eigenvalue weighted by Gasteiger charge is -2.22. The molecule has 1 heterocycles. The van der Waals surface area contributed by atoms with E-state index in [4.69, 9.17) is 18.9 Å². The molecule has 1 aliphatic rings. The van der Waals surface area contributed by atoms with Crippen LogP contribution in [0.4, 0.5) is 0 Å². The van der Waals surface area contributed by atoms with Crippen molar-refractivity contribution in [3.05, 3.63) is 11.6 Å². The van der Waals surface area contributed by atoms with Crippen LogP contribution in [0.3, 0.4) is 0 Å². The van der Waals surface area contributed by atoms with Crippen LogP contribution in [0.1, 0.15) is 12.0 Å². The van der Waals surface area contributed by atoms with Crippen LogP contribution in [0.2, 0.25) is 0 Å². The van der Waals surface area contributed by atoms with Gasteiger partial charge in [0.15, 0.2) is 11.5 Å². The molecular formula is C12H16O4. The van der Waals surface area contributed by atoms with Gasteiger partial charge in [0, 0.05) is 11.6 Å². The molecule has 0 atom stereocenters. The molecule has 0 aliphatic carbocycles. The Morgan fingerprint density at radius 3 is 2.44 bits per heavy atom. The second-order valence-corrected chi connectivity index (χ2v) is 3.57. The van der Waals surface area contributed by atoms with Gasteiger partial charge in [-0.15, -0.1) is 0 Å². The molecule has 4 nitrogen and oxygen atoms in total. The summed E-state index contributed by atoms with van der Waals surface area (Å²) in [6.45, 7) is 0.742. The van der Waals surface area contributed by atoms with Gasteiger partial charge in [-0.1, -0.05) is 0 Å². The third-order valence-corrected chi connectivity index (χ3v) is 2.72. The van der Waals surface area contributed by atoms with Gasteiger partial charge in [0.05, 0.1) is 27.9 Å². The quantitative estimate of drug-likeness (QED) is 0.787. The summed E-state index contributed by atoms with van der Waals surface area (Å²) >= 11 is 0. The molecular weight excluding hydrogens is 208 g/mol. The van der Waals surface area contributed by atoms with E-state index in [2.05, 4.69) is 0 Å². The Morgan fingerprint density at radius 1 is 1.06 bits per heavy atom. The molecule has 4 heteroatoms. The summed E-state index contributed by atoms with van der Waals surface area (Å²) in [6.07, 6.45) is 1.94. The average Bonchev–Trinajstić information content (AvgIpc) is 2.36. The highest BCUT2D eigenvalue weighted by Gasteiger charge is 2.23. The lowest BCUT2D eigenvalue weighted by molar-refractivity contribution is 0.270. The van der Waals surface area contributed by atoms with Crippen molar-refractivity contribution in [2.75, 3.05) is 27.9 Å². The van der Waals surface area contributed by atoms with Crippen LogP contribution in [0.5, 0.6) is 23.0 Å². The fourth-order valence-corrected chi connectivity index (χ4v) is 1.99. The molecule has 1 aromatic rings. The van der Waals surface area contributed by atoms with E-state index in [1.807, 2.05) is 6.07 Å². The number of hydrogen-bond acceptors (Lipinski definition) is 4. The molecule has 0 amide bonds. The molecule has 0 N–H and O–H groups in total. The monoisotopic (exact) mass is 224 g/mol. The zero-order valence-corrected chi connectivity index (χ0v) is 9.83. The van der Waals surface area contributed by atoms with Crippen molar-refractivity contribution in [1.82, 2.24) is 0 Å². The average molecular weight is 224 g/mol. The minimum Gasteiger partial charge on any atom is -0.493 e. The van der Waals surface area contributed by atoms with Crippen molar-refractivity contribution in [3.63, 3.8) is 0 Å². The molecule has 0 saturated carbocycles. The first-order valence-corrected chi connectivity index (χ1v) is 5.26. The Bertz CT molecular complexity index is 373. The van der Waals surface area contributed by atoms with Gasteiger partial charge in [-0.05, 0) is 12.8 Å². The first kappa shape index (κ1) is 10.9. The van der Waals surface area contributed by atoms with Gasteiger partial charge in [-0.3, -0.25) is 0 Å². The van der Waals surface area contributed by atoms with Gasteiger partial charge >= 0.3 is 0 Å². The van der Waals surface area contributed by atoms with Crippen molar-refractivity contribution < 1.29 is 18.9 Å². The van der Waals surface area contributed by atoms with Crippen LogP contribution in [-0.4, -0.2) is 27.9 Å². The number of methoxy groups -OCH3 is 3. The van der Waals surface area contributed by atoms with E-state index in [1.165, 1.54) is 0 Å². The zero-order valence-electron chi connectivity index (χ0n) is 9.83. The topological polar surface area (TPSA) is 36.9 Å². The summed E-state index contributed by atoms with van der Waals surface area (Å²) in [5.74, 6) is 2.83. The van der Waals surface area contributed by atoms with Gasteiger partial charge in [0.2, 0.25) is 5.75 Å². The SMILES string of the molecule is COc1cc2c(c(OC)c1OC)CCCO2. The van der Waals surface area contributed by atoms with Crippen LogP contribution >= 0.6 is 0 Å². The summed E-state index contributed by atoms with van der Waals surface area (Å²) in [4.78, 5) is 0. The Balaban J connectivity index is 2.59. The lowest BCUT2D eigenvalue weighted by Crippen LogP contribution is -2.10. The van der Waals surface area contributed by atoms with Gasteiger partial charge < -0.3 is 18.9 Å². The van der Waals surface area contributed by atoms with Crippen molar-refractivity contribution in [1.29, 1.82) is 0 Å². The number of benzene rings is 1. The predicted octanol–water partition coefficient (Wildman–Crippen LogP) is 2.04. The Kier molecular flexibility index (Phi) is 3.08. The lowest BCUT2D eigenvalue weighted by atomic mass is 10.0. The van der Waals surface area contributed by atoms with Crippen molar-refractivity contribution >= 4 is 0 Å². The molecule has 0 radical (unpaired) electrons. The fraction of sp³-hybridized carbons (Fsp3) is 0.500. The van der Waals surface area contributed by atoms with Gasteiger partial charge in [-0.2, -0.15) is 0 Å². The molecule has 88 valence electrons. The molecule has 2 rings (SSSR count). The summed E-state index contributed by atoms with van der Waals surface area (Å²) in [6, 6.07) is 1.86.